The third-order valence-electron chi connectivity index (χ3n) is 4.39. The molecule has 1 N–H and O–H groups in total. The van der Waals surface area contributed by atoms with Gasteiger partial charge in [-0.1, -0.05) is 11.8 Å². The smallest absolute Gasteiger partial charge is 0.303 e. The number of carboxylic acid groups (broad SMARTS) is 1. The highest BCUT2D eigenvalue weighted by atomic mass is 32.2. The normalized spacial score (nSPS) is 24.8. The van der Waals surface area contributed by atoms with Gasteiger partial charge in [0, 0.05) is 22.9 Å². The van der Waals surface area contributed by atoms with E-state index in [9.17, 15) is 22.8 Å². The third kappa shape index (κ3) is 4.38. The number of fused-ring (bicyclic) bond motifs is 1. The van der Waals surface area contributed by atoms with E-state index in [4.69, 9.17) is 5.11 Å². The fourth-order valence-electron chi connectivity index (χ4n) is 3.10. The summed E-state index contributed by atoms with van der Waals surface area (Å²) in [5.74, 6) is -1.76. The Morgan fingerprint density at radius 3 is 2.44 bits per heavy atom. The van der Waals surface area contributed by atoms with E-state index in [1.807, 2.05) is 0 Å². The van der Waals surface area contributed by atoms with Gasteiger partial charge in [0.05, 0.1) is 24.0 Å². The second kappa shape index (κ2) is 7.43. The van der Waals surface area contributed by atoms with Crippen LogP contribution in [-0.2, 0) is 19.4 Å². The lowest BCUT2D eigenvalue weighted by atomic mass is 10.1. The Kier molecular flexibility index (Phi) is 5.38. The molecule has 2 fully saturated rings. The van der Waals surface area contributed by atoms with Crippen molar-refractivity contribution in [2.75, 3.05) is 16.4 Å². The van der Waals surface area contributed by atoms with Crippen LogP contribution in [0.15, 0.2) is 29.3 Å². The molecule has 2 saturated heterocycles. The molecule has 0 radical (unpaired) electrons. The fourth-order valence-corrected chi connectivity index (χ4v) is 7.03. The van der Waals surface area contributed by atoms with Crippen molar-refractivity contribution < 1.29 is 27.9 Å². The first-order valence-corrected chi connectivity index (χ1v) is 11.0. The fraction of sp³-hybridized carbons (Fsp3) is 0.412. The summed E-state index contributed by atoms with van der Waals surface area (Å²) in [6.07, 6.45) is -0.529. The lowest BCUT2D eigenvalue weighted by molar-refractivity contribution is -0.138. The van der Waals surface area contributed by atoms with E-state index in [0.717, 1.165) is 0 Å². The van der Waals surface area contributed by atoms with Crippen molar-refractivity contribution in [3.05, 3.63) is 29.8 Å². The number of hydrogen-bond acceptors (Lipinski definition) is 6. The average molecular weight is 410 g/mol. The van der Waals surface area contributed by atoms with Crippen molar-refractivity contribution in [1.82, 2.24) is 0 Å². The first kappa shape index (κ1) is 19.6. The zero-order chi connectivity index (χ0) is 19.8. The molecule has 0 aliphatic carbocycles. The minimum absolute atomic E-state index is 0.00665. The first-order valence-electron chi connectivity index (χ1n) is 8.27. The number of sulfone groups is 1. The lowest BCUT2D eigenvalue weighted by Gasteiger charge is -2.24. The largest absolute Gasteiger partial charge is 0.481 e. The van der Waals surface area contributed by atoms with Crippen molar-refractivity contribution in [3.8, 4) is 0 Å². The standard InChI is InChI=1S/C17H18N2O6S2/c1-10(20)11-2-4-12(5-3-11)19-13-8-27(24,25)9-14(13)26-17(19)18-15(21)6-7-16(22)23/h2-5,13-14H,6-9H2,1H3,(H,22,23)/t13-,14+/m0/s1. The Morgan fingerprint density at radius 2 is 1.85 bits per heavy atom. The molecular weight excluding hydrogens is 392 g/mol. The van der Waals surface area contributed by atoms with Crippen molar-refractivity contribution >= 4 is 50.1 Å². The van der Waals surface area contributed by atoms with Crippen LogP contribution >= 0.6 is 11.8 Å². The van der Waals surface area contributed by atoms with Gasteiger partial charge in [-0.2, -0.15) is 4.99 Å². The molecule has 10 heteroatoms. The number of hydrogen-bond donors (Lipinski definition) is 1. The van der Waals surface area contributed by atoms with E-state index in [1.54, 1.807) is 29.2 Å². The maximum atomic E-state index is 12.0. The number of amidine groups is 1. The number of aliphatic imine (C=N–C) groups is 1. The number of amides is 1. The molecule has 0 aromatic heterocycles. The molecule has 2 aliphatic heterocycles. The summed E-state index contributed by atoms with van der Waals surface area (Å²) in [4.78, 5) is 39.9. The molecule has 2 aliphatic rings. The highest BCUT2D eigenvalue weighted by Crippen LogP contribution is 2.41. The number of benzene rings is 1. The van der Waals surface area contributed by atoms with Crippen LogP contribution in [0.4, 0.5) is 5.69 Å². The van der Waals surface area contributed by atoms with E-state index in [2.05, 4.69) is 4.99 Å². The van der Waals surface area contributed by atoms with Gasteiger partial charge < -0.3 is 10.0 Å². The molecule has 1 aromatic rings. The number of carboxylic acids is 1. The molecule has 2 atom stereocenters. The Hall–Kier alpha value is -2.20. The number of aliphatic carboxylic acids is 1. The number of rotatable bonds is 5. The van der Waals surface area contributed by atoms with Gasteiger partial charge in [-0.25, -0.2) is 8.42 Å². The highest BCUT2D eigenvalue weighted by Gasteiger charge is 2.49. The number of carbonyl (C=O) groups excluding carboxylic acids is 2. The predicted molar refractivity (Wildman–Crippen MR) is 102 cm³/mol. The van der Waals surface area contributed by atoms with E-state index < -0.39 is 21.7 Å². The van der Waals surface area contributed by atoms with Crippen LogP contribution in [0.25, 0.3) is 0 Å². The van der Waals surface area contributed by atoms with Crippen LogP contribution in [0, 0.1) is 0 Å². The maximum absolute atomic E-state index is 12.0. The number of ketones is 1. The average Bonchev–Trinajstić information content (AvgIpc) is 3.03. The summed E-state index contributed by atoms with van der Waals surface area (Å²) in [6, 6.07) is 6.32. The van der Waals surface area contributed by atoms with E-state index >= 15 is 0 Å². The van der Waals surface area contributed by atoms with Crippen LogP contribution < -0.4 is 4.90 Å². The topological polar surface area (TPSA) is 121 Å². The van der Waals surface area contributed by atoms with E-state index in [0.29, 0.717) is 16.4 Å². The van der Waals surface area contributed by atoms with Gasteiger partial charge >= 0.3 is 5.97 Å². The van der Waals surface area contributed by atoms with Crippen molar-refractivity contribution in [2.45, 2.75) is 31.1 Å². The second-order valence-corrected chi connectivity index (χ2v) is 9.82. The van der Waals surface area contributed by atoms with Crippen LogP contribution in [0.3, 0.4) is 0 Å². The quantitative estimate of drug-likeness (QED) is 0.722. The molecule has 1 aromatic carbocycles. The first-order chi connectivity index (χ1) is 12.7. The molecule has 27 heavy (non-hydrogen) atoms. The molecule has 1 amide bonds. The van der Waals surface area contributed by atoms with Gasteiger partial charge in [0.15, 0.2) is 20.8 Å². The number of nitrogens with zero attached hydrogens (tertiary/aromatic N) is 2. The van der Waals surface area contributed by atoms with Gasteiger partial charge in [0.2, 0.25) is 5.91 Å². The predicted octanol–water partition coefficient (Wildman–Crippen LogP) is 1.36. The van der Waals surface area contributed by atoms with Gasteiger partial charge in [-0.05, 0) is 31.2 Å². The number of carbonyl (C=O) groups is 3. The molecule has 3 rings (SSSR count). The Bertz CT molecular complexity index is 923. The molecule has 0 bridgehead atoms. The SMILES string of the molecule is CC(=O)c1ccc(N2C(=NC(=O)CCC(=O)O)S[C@@H]3CS(=O)(=O)C[C@@H]32)cc1. The van der Waals surface area contributed by atoms with Gasteiger partial charge in [-0.3, -0.25) is 14.4 Å². The number of thioether (sulfide) groups is 1. The van der Waals surface area contributed by atoms with Crippen molar-refractivity contribution in [1.29, 1.82) is 0 Å². The highest BCUT2D eigenvalue weighted by molar-refractivity contribution is 8.16. The molecule has 2 heterocycles. The maximum Gasteiger partial charge on any atom is 0.303 e. The Morgan fingerprint density at radius 1 is 1.19 bits per heavy atom. The summed E-state index contributed by atoms with van der Waals surface area (Å²) in [5.41, 5.74) is 1.17. The van der Waals surface area contributed by atoms with Gasteiger partial charge in [-0.15, -0.1) is 0 Å². The summed E-state index contributed by atoms with van der Waals surface area (Å²) >= 11 is 1.22. The minimum Gasteiger partial charge on any atom is -0.481 e. The molecule has 8 nitrogen and oxygen atoms in total. The number of anilines is 1. The van der Waals surface area contributed by atoms with E-state index in [1.165, 1.54) is 18.7 Å². The molecule has 144 valence electrons. The van der Waals surface area contributed by atoms with Crippen LogP contribution in [-0.4, -0.2) is 59.1 Å². The third-order valence-corrected chi connectivity index (χ3v) is 7.60. The van der Waals surface area contributed by atoms with E-state index in [-0.39, 0.29) is 41.4 Å². The Labute approximate surface area is 160 Å². The number of Topliss-reactive ketones (excluding diaryl/α,β-unsaturated/α-hetero) is 1. The zero-order valence-electron chi connectivity index (χ0n) is 14.5. The lowest BCUT2D eigenvalue weighted by Crippen LogP contribution is -2.37. The molecule has 0 unspecified atom stereocenters. The van der Waals surface area contributed by atoms with Crippen molar-refractivity contribution in [2.24, 2.45) is 4.99 Å². The second-order valence-electron chi connectivity index (χ2n) is 6.46. The van der Waals surface area contributed by atoms with Crippen LogP contribution in [0.5, 0.6) is 0 Å². The van der Waals surface area contributed by atoms with Gasteiger partial charge in [0.25, 0.3) is 0 Å². The summed E-state index contributed by atoms with van der Waals surface area (Å²) in [5, 5.41) is 8.83. The summed E-state index contributed by atoms with van der Waals surface area (Å²) in [6.45, 7) is 1.45. The summed E-state index contributed by atoms with van der Waals surface area (Å²) in [7, 11) is -3.18. The van der Waals surface area contributed by atoms with Crippen LogP contribution in [0.2, 0.25) is 0 Å². The molecule has 0 spiro atoms. The van der Waals surface area contributed by atoms with Crippen LogP contribution in [0.1, 0.15) is 30.1 Å². The molecular formula is C17H18N2O6S2. The van der Waals surface area contributed by atoms with Crippen molar-refractivity contribution in [3.63, 3.8) is 0 Å². The monoisotopic (exact) mass is 410 g/mol. The zero-order valence-corrected chi connectivity index (χ0v) is 16.1. The summed E-state index contributed by atoms with van der Waals surface area (Å²) < 4.78 is 24.0. The minimum atomic E-state index is -3.18. The Balaban J connectivity index is 1.92. The van der Waals surface area contributed by atoms with Gasteiger partial charge in [0.1, 0.15) is 0 Å². The molecule has 0 saturated carbocycles.